The van der Waals surface area contributed by atoms with Crippen LogP contribution in [0.3, 0.4) is 0 Å². The quantitative estimate of drug-likeness (QED) is 0.794. The van der Waals surface area contributed by atoms with E-state index in [-0.39, 0.29) is 0 Å². The van der Waals surface area contributed by atoms with Gasteiger partial charge >= 0.3 is 0 Å². The molecule has 1 heterocycles. The van der Waals surface area contributed by atoms with Gasteiger partial charge in [-0.25, -0.2) is 4.98 Å². The second-order valence-electron chi connectivity index (χ2n) is 5.20. The normalized spacial score (nSPS) is 21.5. The molecule has 100 valence electrons. The zero-order chi connectivity index (χ0) is 13.1. The van der Waals surface area contributed by atoms with Crippen LogP contribution in [0.25, 0.3) is 0 Å². The molecule has 4 heteroatoms. The zero-order valence-corrected chi connectivity index (χ0v) is 11.5. The van der Waals surface area contributed by atoms with E-state index in [0.29, 0.717) is 5.92 Å². The number of H-pyrrole nitrogens is 1. The molecule has 0 amide bonds. The number of halogens is 1. The fourth-order valence-electron chi connectivity index (χ4n) is 2.54. The van der Waals surface area contributed by atoms with Crippen LogP contribution in [0.2, 0.25) is 5.02 Å². The lowest BCUT2D eigenvalue weighted by molar-refractivity contribution is 0.602. The van der Waals surface area contributed by atoms with Gasteiger partial charge in [-0.05, 0) is 43.0 Å². The van der Waals surface area contributed by atoms with Gasteiger partial charge in [0.15, 0.2) is 0 Å². The fraction of sp³-hybridized carbons (Fsp3) is 0.400. The molecule has 1 aliphatic carbocycles. The maximum Gasteiger partial charge on any atom is 0.0921 e. The number of rotatable bonds is 6. The van der Waals surface area contributed by atoms with Crippen molar-refractivity contribution in [3.8, 4) is 0 Å². The van der Waals surface area contributed by atoms with Crippen LogP contribution in [-0.2, 0) is 6.54 Å². The highest BCUT2D eigenvalue weighted by molar-refractivity contribution is 6.30. The van der Waals surface area contributed by atoms with E-state index in [1.165, 1.54) is 24.1 Å². The first-order chi connectivity index (χ1) is 9.33. The van der Waals surface area contributed by atoms with Crippen molar-refractivity contribution in [1.29, 1.82) is 0 Å². The summed E-state index contributed by atoms with van der Waals surface area (Å²) < 4.78 is 0. The number of aromatic amines is 1. The first kappa shape index (κ1) is 12.7. The van der Waals surface area contributed by atoms with Crippen LogP contribution in [0.5, 0.6) is 0 Å². The molecule has 0 radical (unpaired) electrons. The summed E-state index contributed by atoms with van der Waals surface area (Å²) in [7, 11) is 0. The Kier molecular flexibility index (Phi) is 3.85. The smallest absolute Gasteiger partial charge is 0.0921 e. The summed E-state index contributed by atoms with van der Waals surface area (Å²) >= 11 is 5.86. The molecule has 2 N–H and O–H groups in total. The van der Waals surface area contributed by atoms with Crippen LogP contribution in [-0.4, -0.2) is 16.5 Å². The van der Waals surface area contributed by atoms with Crippen molar-refractivity contribution in [2.45, 2.75) is 25.3 Å². The number of nitrogens with zero attached hydrogens (tertiary/aromatic N) is 1. The molecule has 0 aliphatic heterocycles. The van der Waals surface area contributed by atoms with Crippen molar-refractivity contribution in [2.24, 2.45) is 5.92 Å². The van der Waals surface area contributed by atoms with E-state index >= 15 is 0 Å². The minimum Gasteiger partial charge on any atom is -0.348 e. The van der Waals surface area contributed by atoms with Crippen molar-refractivity contribution >= 4 is 11.6 Å². The first-order valence-electron chi connectivity index (χ1n) is 6.76. The van der Waals surface area contributed by atoms with Crippen molar-refractivity contribution in [1.82, 2.24) is 15.3 Å². The molecular formula is C15H18ClN3. The molecule has 1 aromatic carbocycles. The van der Waals surface area contributed by atoms with Crippen LogP contribution in [0.1, 0.15) is 30.0 Å². The number of aromatic nitrogens is 2. The summed E-state index contributed by atoms with van der Waals surface area (Å²) in [5.41, 5.74) is 2.58. The van der Waals surface area contributed by atoms with E-state index in [1.54, 1.807) is 6.33 Å². The Morgan fingerprint density at radius 1 is 1.32 bits per heavy atom. The van der Waals surface area contributed by atoms with E-state index in [2.05, 4.69) is 27.4 Å². The predicted molar refractivity (Wildman–Crippen MR) is 77.2 cm³/mol. The molecule has 1 aromatic heterocycles. The summed E-state index contributed by atoms with van der Waals surface area (Å²) in [6.45, 7) is 1.98. The van der Waals surface area contributed by atoms with Crippen molar-refractivity contribution in [3.63, 3.8) is 0 Å². The van der Waals surface area contributed by atoms with E-state index in [0.717, 1.165) is 24.0 Å². The average Bonchev–Trinajstić information content (AvgIpc) is 2.98. The van der Waals surface area contributed by atoms with Crippen LogP contribution in [0.15, 0.2) is 36.8 Å². The summed E-state index contributed by atoms with van der Waals surface area (Å²) in [6.07, 6.45) is 6.25. The molecule has 0 unspecified atom stereocenters. The number of imidazole rings is 1. The van der Waals surface area contributed by atoms with Crippen molar-refractivity contribution in [3.05, 3.63) is 53.1 Å². The molecule has 1 fully saturated rings. The first-order valence-corrected chi connectivity index (χ1v) is 7.14. The van der Waals surface area contributed by atoms with Crippen LogP contribution in [0, 0.1) is 5.92 Å². The third kappa shape index (κ3) is 3.37. The van der Waals surface area contributed by atoms with Gasteiger partial charge in [-0.15, -0.1) is 0 Å². The molecule has 3 rings (SSSR count). The topological polar surface area (TPSA) is 40.7 Å². The molecular weight excluding hydrogens is 258 g/mol. The van der Waals surface area contributed by atoms with Crippen LogP contribution >= 0.6 is 11.6 Å². The van der Waals surface area contributed by atoms with Crippen LogP contribution in [0.4, 0.5) is 0 Å². The number of hydrogen-bond donors (Lipinski definition) is 2. The molecule has 0 saturated heterocycles. The monoisotopic (exact) mass is 275 g/mol. The lowest BCUT2D eigenvalue weighted by Crippen LogP contribution is -2.15. The Morgan fingerprint density at radius 3 is 2.89 bits per heavy atom. The molecule has 0 spiro atoms. The Bertz CT molecular complexity index is 507. The summed E-state index contributed by atoms with van der Waals surface area (Å²) in [5.74, 6) is 1.53. The SMILES string of the molecule is Clc1ccc(CNCC[C@H]2C[C@@H]2c2cnc[nH]2)cc1. The summed E-state index contributed by atoms with van der Waals surface area (Å²) in [6, 6.07) is 8.02. The Hall–Kier alpha value is -1.32. The second-order valence-corrected chi connectivity index (χ2v) is 5.64. The molecule has 2 aromatic rings. The van der Waals surface area contributed by atoms with Gasteiger partial charge in [0.1, 0.15) is 0 Å². The predicted octanol–water partition coefficient (Wildman–Crippen LogP) is 3.35. The third-order valence-corrected chi connectivity index (χ3v) is 4.03. The lowest BCUT2D eigenvalue weighted by atomic mass is 10.2. The minimum atomic E-state index is 0.708. The molecule has 19 heavy (non-hydrogen) atoms. The van der Waals surface area contributed by atoms with Crippen LogP contribution < -0.4 is 5.32 Å². The minimum absolute atomic E-state index is 0.708. The third-order valence-electron chi connectivity index (χ3n) is 3.78. The molecule has 1 saturated carbocycles. The van der Waals surface area contributed by atoms with Gasteiger partial charge in [0.25, 0.3) is 0 Å². The summed E-state index contributed by atoms with van der Waals surface area (Å²) in [4.78, 5) is 7.29. The zero-order valence-electron chi connectivity index (χ0n) is 10.8. The van der Waals surface area contributed by atoms with Crippen molar-refractivity contribution in [2.75, 3.05) is 6.54 Å². The maximum atomic E-state index is 5.86. The lowest BCUT2D eigenvalue weighted by Gasteiger charge is -2.04. The van der Waals surface area contributed by atoms with E-state index in [9.17, 15) is 0 Å². The van der Waals surface area contributed by atoms with E-state index < -0.39 is 0 Å². The highest BCUT2D eigenvalue weighted by atomic mass is 35.5. The average molecular weight is 276 g/mol. The molecule has 2 atom stereocenters. The highest BCUT2D eigenvalue weighted by Crippen LogP contribution is 2.48. The number of hydrogen-bond acceptors (Lipinski definition) is 2. The van der Waals surface area contributed by atoms with Gasteiger partial charge in [-0.1, -0.05) is 23.7 Å². The maximum absolute atomic E-state index is 5.86. The summed E-state index contributed by atoms with van der Waals surface area (Å²) in [5, 5.41) is 4.28. The molecule has 1 aliphatic rings. The standard InChI is InChI=1S/C15H18ClN3/c16-13-3-1-11(2-4-13)8-17-6-5-12-7-14(12)15-9-18-10-19-15/h1-4,9-10,12,14,17H,5-8H2,(H,18,19)/t12-,14-/m0/s1. The second kappa shape index (κ2) is 5.76. The van der Waals surface area contributed by atoms with Gasteiger partial charge in [0, 0.05) is 29.4 Å². The Balaban J connectivity index is 1.35. The highest BCUT2D eigenvalue weighted by Gasteiger charge is 2.38. The van der Waals surface area contributed by atoms with Gasteiger partial charge in [-0.3, -0.25) is 0 Å². The van der Waals surface area contributed by atoms with Gasteiger partial charge in [-0.2, -0.15) is 0 Å². The van der Waals surface area contributed by atoms with Gasteiger partial charge in [0.05, 0.1) is 6.33 Å². The van der Waals surface area contributed by atoms with Crippen molar-refractivity contribution < 1.29 is 0 Å². The largest absolute Gasteiger partial charge is 0.348 e. The molecule has 0 bridgehead atoms. The number of nitrogens with one attached hydrogen (secondary N) is 2. The molecule has 3 nitrogen and oxygen atoms in total. The Morgan fingerprint density at radius 2 is 2.16 bits per heavy atom. The van der Waals surface area contributed by atoms with E-state index in [1.807, 2.05) is 18.3 Å². The van der Waals surface area contributed by atoms with Gasteiger partial charge in [0.2, 0.25) is 0 Å². The Labute approximate surface area is 118 Å². The number of benzene rings is 1. The van der Waals surface area contributed by atoms with E-state index in [4.69, 9.17) is 11.6 Å². The van der Waals surface area contributed by atoms with Gasteiger partial charge < -0.3 is 10.3 Å². The fourth-order valence-corrected chi connectivity index (χ4v) is 2.67.